The summed E-state index contributed by atoms with van der Waals surface area (Å²) in [4.78, 5) is 54.6. The predicted octanol–water partition coefficient (Wildman–Crippen LogP) is 1.38. The zero-order chi connectivity index (χ0) is 30.6. The first kappa shape index (κ1) is 30.9. The van der Waals surface area contributed by atoms with Crippen LogP contribution in [0.4, 0.5) is 0 Å². The number of carbonyl (C=O) groups is 4. The molecule has 2 heterocycles. The Morgan fingerprint density at radius 3 is 2.42 bits per heavy atom. The van der Waals surface area contributed by atoms with Crippen LogP contribution < -0.4 is 16.4 Å². The number of carbonyl (C=O) groups excluding carboxylic acids is 4. The smallest absolute Gasteiger partial charge is 0.251 e. The summed E-state index contributed by atoms with van der Waals surface area (Å²) in [6.07, 6.45) is 3.34. The van der Waals surface area contributed by atoms with E-state index in [1.54, 1.807) is 12.1 Å². The van der Waals surface area contributed by atoms with E-state index in [-0.39, 0.29) is 50.8 Å². The molecule has 3 aliphatic rings. The molecule has 43 heavy (non-hydrogen) atoms. The summed E-state index contributed by atoms with van der Waals surface area (Å²) < 4.78 is 5.38. The molecule has 0 aromatic heterocycles. The molecule has 6 N–H and O–H groups in total. The molecular weight excluding hydrogens is 552 g/mol. The largest absolute Gasteiger partial charge is 0.391 e. The Labute approximate surface area is 251 Å². The summed E-state index contributed by atoms with van der Waals surface area (Å²) in [7, 11) is 0. The minimum atomic E-state index is -1.64. The van der Waals surface area contributed by atoms with Crippen molar-refractivity contribution in [3.05, 3.63) is 48.0 Å². The fourth-order valence-electron chi connectivity index (χ4n) is 6.86. The topological polar surface area (TPSA) is 171 Å². The number of β-amino-alcohol motifs (C(OH)–C–C–N with tert-alkyl or cyclic N) is 1. The van der Waals surface area contributed by atoms with E-state index in [9.17, 15) is 29.4 Å². The molecule has 2 unspecified atom stereocenters. The Balaban J connectivity index is 1.37. The number of ether oxygens (including phenoxy) is 1. The highest BCUT2D eigenvalue weighted by Crippen LogP contribution is 2.30. The minimum Gasteiger partial charge on any atom is -0.391 e. The first-order chi connectivity index (χ1) is 20.7. The third-order valence-electron chi connectivity index (χ3n) is 9.32. The van der Waals surface area contributed by atoms with Crippen LogP contribution in [-0.2, 0) is 19.1 Å². The quantitative estimate of drug-likeness (QED) is 0.292. The lowest BCUT2D eigenvalue weighted by atomic mass is 9.83. The number of likely N-dealkylation sites (tertiary alicyclic amines) is 1. The monoisotopic (exact) mass is 594 g/mol. The number of hydrogen-bond acceptors (Lipinski definition) is 7. The van der Waals surface area contributed by atoms with Crippen molar-refractivity contribution in [2.45, 2.75) is 87.6 Å². The van der Waals surface area contributed by atoms with E-state index < -0.39 is 47.6 Å². The van der Waals surface area contributed by atoms with Gasteiger partial charge in [-0.3, -0.25) is 19.2 Å². The molecule has 4 atom stereocenters. The van der Waals surface area contributed by atoms with E-state index in [4.69, 9.17) is 10.5 Å². The molecule has 2 aromatic carbocycles. The molecule has 4 amide bonds. The van der Waals surface area contributed by atoms with Crippen LogP contribution in [0.25, 0.3) is 10.8 Å². The van der Waals surface area contributed by atoms with Crippen molar-refractivity contribution in [1.29, 1.82) is 0 Å². The molecule has 1 saturated carbocycles. The van der Waals surface area contributed by atoms with Gasteiger partial charge < -0.3 is 36.2 Å². The molecule has 5 rings (SSSR count). The number of amides is 4. The van der Waals surface area contributed by atoms with Gasteiger partial charge in [0.05, 0.1) is 11.6 Å². The molecular formula is C32H42N4O7. The third kappa shape index (κ3) is 7.00. The van der Waals surface area contributed by atoms with Crippen LogP contribution in [0.15, 0.2) is 42.5 Å². The summed E-state index contributed by atoms with van der Waals surface area (Å²) in [6, 6.07) is 11.2. The van der Waals surface area contributed by atoms with Crippen LogP contribution in [-0.4, -0.2) is 88.3 Å². The second kappa shape index (κ2) is 13.4. The van der Waals surface area contributed by atoms with Crippen molar-refractivity contribution in [2.24, 2.45) is 11.7 Å². The Morgan fingerprint density at radius 2 is 1.72 bits per heavy atom. The van der Waals surface area contributed by atoms with Gasteiger partial charge >= 0.3 is 0 Å². The molecule has 11 heteroatoms. The number of benzene rings is 2. The summed E-state index contributed by atoms with van der Waals surface area (Å²) in [5, 5.41) is 28.9. The van der Waals surface area contributed by atoms with Crippen molar-refractivity contribution in [2.75, 3.05) is 19.8 Å². The molecule has 0 spiro atoms. The van der Waals surface area contributed by atoms with Crippen molar-refractivity contribution in [1.82, 2.24) is 15.5 Å². The number of aliphatic hydroxyl groups is 2. The number of hydrogen-bond donors (Lipinski definition) is 5. The average molecular weight is 595 g/mol. The van der Waals surface area contributed by atoms with E-state index in [1.165, 1.54) is 4.90 Å². The molecule has 3 fully saturated rings. The molecule has 0 radical (unpaired) electrons. The molecule has 232 valence electrons. The summed E-state index contributed by atoms with van der Waals surface area (Å²) in [6.45, 7) is 0.355. The number of rotatable bonds is 9. The van der Waals surface area contributed by atoms with Gasteiger partial charge in [0, 0.05) is 31.7 Å². The van der Waals surface area contributed by atoms with E-state index in [0.717, 1.165) is 42.9 Å². The fraction of sp³-hybridized carbons (Fsp3) is 0.562. The Bertz CT molecular complexity index is 1340. The van der Waals surface area contributed by atoms with Gasteiger partial charge in [0.15, 0.2) is 6.10 Å². The predicted molar refractivity (Wildman–Crippen MR) is 159 cm³/mol. The van der Waals surface area contributed by atoms with Crippen molar-refractivity contribution >= 4 is 34.4 Å². The first-order valence-corrected chi connectivity index (χ1v) is 15.3. The number of nitrogens with zero attached hydrogens (tertiary/aromatic N) is 1. The van der Waals surface area contributed by atoms with Gasteiger partial charge in [-0.05, 0) is 48.1 Å². The maximum atomic E-state index is 14.1. The van der Waals surface area contributed by atoms with Gasteiger partial charge in [0.1, 0.15) is 12.1 Å². The van der Waals surface area contributed by atoms with Gasteiger partial charge in [0.2, 0.25) is 17.7 Å². The van der Waals surface area contributed by atoms with Crippen LogP contribution in [0.2, 0.25) is 0 Å². The highest BCUT2D eigenvalue weighted by molar-refractivity contribution is 6.01. The van der Waals surface area contributed by atoms with Crippen LogP contribution in [0.1, 0.15) is 68.1 Å². The zero-order valence-corrected chi connectivity index (χ0v) is 24.4. The number of aliphatic hydroxyl groups excluding tert-OH is 2. The Hall–Kier alpha value is -3.54. The Kier molecular flexibility index (Phi) is 9.63. The van der Waals surface area contributed by atoms with Crippen LogP contribution in [0.5, 0.6) is 0 Å². The minimum absolute atomic E-state index is 0.00834. The van der Waals surface area contributed by atoms with E-state index >= 15 is 0 Å². The highest BCUT2D eigenvalue weighted by Gasteiger charge is 2.48. The molecule has 11 nitrogen and oxygen atoms in total. The van der Waals surface area contributed by atoms with Gasteiger partial charge in [-0.2, -0.15) is 0 Å². The number of nitrogens with one attached hydrogen (secondary N) is 2. The lowest BCUT2D eigenvalue weighted by Gasteiger charge is -2.41. The van der Waals surface area contributed by atoms with E-state index in [2.05, 4.69) is 10.6 Å². The first-order valence-electron chi connectivity index (χ1n) is 15.3. The molecule has 2 saturated heterocycles. The maximum Gasteiger partial charge on any atom is 0.251 e. The fourth-order valence-corrected chi connectivity index (χ4v) is 6.86. The van der Waals surface area contributed by atoms with Crippen LogP contribution in [0, 0.1) is 5.92 Å². The van der Waals surface area contributed by atoms with Crippen LogP contribution in [0.3, 0.4) is 0 Å². The number of fused-ring (bicyclic) bond motifs is 1. The van der Waals surface area contributed by atoms with E-state index in [0.29, 0.717) is 12.0 Å². The third-order valence-corrected chi connectivity index (χ3v) is 9.32. The SMILES string of the molecule is NC(=O)C(O)C1(NC(=O)[C@@H]2C[C@@H](O)CN2C(=O)C(CC2CCCCC2)NC(=O)c2ccc3ccccc3c2)CCOCC1. The van der Waals surface area contributed by atoms with E-state index in [1.807, 2.05) is 30.3 Å². The van der Waals surface area contributed by atoms with Gasteiger partial charge in [-0.25, -0.2) is 0 Å². The number of primary amides is 1. The summed E-state index contributed by atoms with van der Waals surface area (Å²) >= 11 is 0. The Morgan fingerprint density at radius 1 is 1.02 bits per heavy atom. The van der Waals surface area contributed by atoms with Crippen molar-refractivity contribution < 1.29 is 34.1 Å². The van der Waals surface area contributed by atoms with Crippen molar-refractivity contribution in [3.8, 4) is 0 Å². The standard InChI is InChI=1S/C32H42N4O7/c33-28(39)27(38)32(12-14-43-15-13-32)35-30(41)26-18-24(37)19-36(26)31(42)25(16-20-6-2-1-3-7-20)34-29(40)23-11-10-21-8-4-5-9-22(21)17-23/h4-5,8-11,17,20,24-27,37-38H,1-3,6-7,12-16,18-19H2,(H2,33,39)(H,34,40)(H,35,41)/t24-,25?,26+,27?/m1/s1. The van der Waals surface area contributed by atoms with Gasteiger partial charge in [-0.1, -0.05) is 62.4 Å². The molecule has 2 aliphatic heterocycles. The maximum absolute atomic E-state index is 14.1. The van der Waals surface area contributed by atoms with Gasteiger partial charge in [-0.15, -0.1) is 0 Å². The normalized spacial score (nSPS) is 23.8. The lowest BCUT2D eigenvalue weighted by molar-refractivity contribution is -0.145. The lowest BCUT2D eigenvalue weighted by Crippen LogP contribution is -2.65. The molecule has 2 aromatic rings. The van der Waals surface area contributed by atoms with Gasteiger partial charge in [0.25, 0.3) is 5.91 Å². The second-order valence-electron chi connectivity index (χ2n) is 12.3. The average Bonchev–Trinajstić information content (AvgIpc) is 3.42. The molecule has 1 aliphatic carbocycles. The number of nitrogens with two attached hydrogens (primary N) is 1. The van der Waals surface area contributed by atoms with Crippen molar-refractivity contribution in [3.63, 3.8) is 0 Å². The molecule has 0 bridgehead atoms. The zero-order valence-electron chi connectivity index (χ0n) is 24.4. The highest BCUT2D eigenvalue weighted by atomic mass is 16.5. The second-order valence-corrected chi connectivity index (χ2v) is 12.3. The van der Waals surface area contributed by atoms with Crippen LogP contribution >= 0.6 is 0 Å². The summed E-state index contributed by atoms with van der Waals surface area (Å²) in [5.41, 5.74) is 4.50. The summed E-state index contributed by atoms with van der Waals surface area (Å²) in [5.74, 6) is -2.13.